The molecule has 1 unspecified atom stereocenters. The second kappa shape index (κ2) is 6.23. The van der Waals surface area contributed by atoms with Crippen molar-refractivity contribution in [2.75, 3.05) is 6.61 Å². The minimum atomic E-state index is -1.33. The number of aromatic nitrogens is 1. The van der Waals surface area contributed by atoms with Crippen LogP contribution in [-0.2, 0) is 4.79 Å². The molecule has 0 fully saturated rings. The fourth-order valence-electron chi connectivity index (χ4n) is 1.13. The third kappa shape index (κ3) is 3.90. The van der Waals surface area contributed by atoms with Gasteiger partial charge < -0.3 is 10.2 Å². The molecule has 6 nitrogen and oxygen atoms in total. The van der Waals surface area contributed by atoms with E-state index in [-0.39, 0.29) is 6.61 Å². The summed E-state index contributed by atoms with van der Waals surface area (Å²) < 4.78 is 0. The van der Waals surface area contributed by atoms with Crippen molar-refractivity contribution in [3.05, 3.63) is 30.1 Å². The van der Waals surface area contributed by atoms with E-state index in [0.717, 1.165) is 5.56 Å². The van der Waals surface area contributed by atoms with Crippen LogP contribution in [0.1, 0.15) is 19.4 Å². The third-order valence-corrected chi connectivity index (χ3v) is 2.47. The van der Waals surface area contributed by atoms with Crippen LogP contribution in [0.3, 0.4) is 0 Å². The molecule has 0 spiro atoms. The van der Waals surface area contributed by atoms with Crippen LogP contribution in [0.2, 0.25) is 0 Å². The normalized spacial score (nSPS) is 13.6. The smallest absolute Gasteiger partial charge is 0.269 e. The lowest BCUT2D eigenvalue weighted by Crippen LogP contribution is -2.44. The highest BCUT2D eigenvalue weighted by atomic mass is 16.3. The maximum absolute atomic E-state index is 11.5. The predicted octanol–water partition coefficient (Wildman–Crippen LogP) is -0.0889. The van der Waals surface area contributed by atoms with Gasteiger partial charge in [0.05, 0.1) is 12.8 Å². The number of rotatable bonds is 5. The molecular weight excluding hydrogens is 234 g/mol. The average Bonchev–Trinajstić information content (AvgIpc) is 2.39. The summed E-state index contributed by atoms with van der Waals surface area (Å²) in [6.45, 7) is 2.87. The molecular formula is C12H17N3O3. The van der Waals surface area contributed by atoms with E-state index in [4.69, 9.17) is 5.11 Å². The Bertz CT molecular complexity index is 418. The summed E-state index contributed by atoms with van der Waals surface area (Å²) in [6.07, 6.45) is 3.31. The van der Waals surface area contributed by atoms with Gasteiger partial charge in [-0.2, -0.15) is 5.10 Å². The summed E-state index contributed by atoms with van der Waals surface area (Å²) in [4.78, 5) is 15.4. The van der Waals surface area contributed by atoms with Crippen LogP contribution in [0.25, 0.3) is 0 Å². The summed E-state index contributed by atoms with van der Waals surface area (Å²) in [5.74, 6) is -0.658. The molecule has 1 amide bonds. The quantitative estimate of drug-likeness (QED) is 0.503. The molecule has 1 aromatic rings. The van der Waals surface area contributed by atoms with Crippen LogP contribution < -0.4 is 5.43 Å². The Morgan fingerprint density at radius 3 is 2.94 bits per heavy atom. The van der Waals surface area contributed by atoms with Gasteiger partial charge in [0.2, 0.25) is 0 Å². The molecule has 18 heavy (non-hydrogen) atoms. The molecule has 0 aromatic carbocycles. The molecule has 0 aliphatic heterocycles. The number of aliphatic hydroxyl groups is 2. The lowest BCUT2D eigenvalue weighted by Gasteiger charge is -2.26. The van der Waals surface area contributed by atoms with Gasteiger partial charge >= 0.3 is 0 Å². The molecule has 0 saturated heterocycles. The highest BCUT2D eigenvalue weighted by Gasteiger charge is 2.32. The van der Waals surface area contributed by atoms with E-state index in [1.165, 1.54) is 6.21 Å². The first-order valence-electron chi connectivity index (χ1n) is 5.49. The molecule has 0 bridgehead atoms. The number of hydrogen-bond donors (Lipinski definition) is 3. The number of pyridine rings is 1. The maximum Gasteiger partial charge on any atom is 0.269 e. The van der Waals surface area contributed by atoms with Crippen molar-refractivity contribution in [1.29, 1.82) is 0 Å². The highest BCUT2D eigenvalue weighted by Crippen LogP contribution is 2.19. The molecule has 1 rings (SSSR count). The Labute approximate surface area is 105 Å². The van der Waals surface area contributed by atoms with Crippen LogP contribution in [0.5, 0.6) is 0 Å². The van der Waals surface area contributed by atoms with Gasteiger partial charge in [0, 0.05) is 23.4 Å². The number of hydrazone groups is 1. The Morgan fingerprint density at radius 2 is 2.39 bits per heavy atom. The Hall–Kier alpha value is -1.79. The molecule has 0 aliphatic carbocycles. The summed E-state index contributed by atoms with van der Waals surface area (Å²) >= 11 is 0. The van der Waals surface area contributed by atoms with Crippen molar-refractivity contribution in [2.24, 2.45) is 10.5 Å². The molecule has 1 aromatic heterocycles. The number of hydrogen-bond acceptors (Lipinski definition) is 5. The fourth-order valence-corrected chi connectivity index (χ4v) is 1.13. The first-order chi connectivity index (χ1) is 8.47. The number of carbonyl (C=O) groups excluding carboxylic acids is 1. The number of nitrogens with one attached hydrogen (secondary N) is 1. The monoisotopic (exact) mass is 251 g/mol. The summed E-state index contributed by atoms with van der Waals surface area (Å²) in [5, 5.41) is 22.4. The average molecular weight is 251 g/mol. The molecule has 1 atom stereocenters. The van der Waals surface area contributed by atoms with E-state index in [9.17, 15) is 9.90 Å². The van der Waals surface area contributed by atoms with Gasteiger partial charge in [-0.3, -0.25) is 9.78 Å². The first-order valence-corrected chi connectivity index (χ1v) is 5.49. The molecule has 0 radical (unpaired) electrons. The van der Waals surface area contributed by atoms with Crippen molar-refractivity contribution in [1.82, 2.24) is 10.4 Å². The van der Waals surface area contributed by atoms with Gasteiger partial charge in [-0.25, -0.2) is 5.43 Å². The van der Waals surface area contributed by atoms with Crippen molar-refractivity contribution >= 4 is 12.1 Å². The van der Waals surface area contributed by atoms with Gasteiger partial charge in [-0.1, -0.05) is 19.9 Å². The SMILES string of the molecule is CC(C)(CO)C(O)C(=O)NN=Cc1cccnc1. The van der Waals surface area contributed by atoms with E-state index >= 15 is 0 Å². The lowest BCUT2D eigenvalue weighted by atomic mass is 9.87. The lowest BCUT2D eigenvalue weighted by molar-refractivity contribution is -0.137. The van der Waals surface area contributed by atoms with Gasteiger partial charge in [-0.05, 0) is 6.07 Å². The fraction of sp³-hybridized carbons (Fsp3) is 0.417. The Morgan fingerprint density at radius 1 is 1.67 bits per heavy atom. The first kappa shape index (κ1) is 14.3. The number of aliphatic hydroxyl groups excluding tert-OH is 2. The Kier molecular flexibility index (Phi) is 4.94. The van der Waals surface area contributed by atoms with E-state index in [2.05, 4.69) is 15.5 Å². The van der Waals surface area contributed by atoms with Crippen LogP contribution in [0.4, 0.5) is 0 Å². The second-order valence-electron chi connectivity index (χ2n) is 4.57. The molecule has 3 N–H and O–H groups in total. The van der Waals surface area contributed by atoms with Crippen LogP contribution >= 0.6 is 0 Å². The van der Waals surface area contributed by atoms with Gasteiger partial charge in [-0.15, -0.1) is 0 Å². The van der Waals surface area contributed by atoms with Crippen molar-refractivity contribution in [3.63, 3.8) is 0 Å². The summed E-state index contributed by atoms with van der Waals surface area (Å²) in [5.41, 5.74) is 2.03. The predicted molar refractivity (Wildman–Crippen MR) is 66.8 cm³/mol. The third-order valence-electron chi connectivity index (χ3n) is 2.47. The summed E-state index contributed by atoms with van der Waals surface area (Å²) in [6, 6.07) is 3.52. The molecule has 0 saturated carbocycles. The van der Waals surface area contributed by atoms with Gasteiger partial charge in [0.15, 0.2) is 0 Å². The number of nitrogens with zero attached hydrogens (tertiary/aromatic N) is 2. The van der Waals surface area contributed by atoms with Crippen molar-refractivity contribution in [3.8, 4) is 0 Å². The van der Waals surface area contributed by atoms with Crippen molar-refractivity contribution < 1.29 is 15.0 Å². The zero-order valence-electron chi connectivity index (χ0n) is 10.4. The number of carbonyl (C=O) groups is 1. The van der Waals surface area contributed by atoms with E-state index in [1.807, 2.05) is 0 Å². The largest absolute Gasteiger partial charge is 0.396 e. The maximum atomic E-state index is 11.5. The molecule has 1 heterocycles. The van der Waals surface area contributed by atoms with E-state index in [0.29, 0.717) is 0 Å². The molecule has 98 valence electrons. The minimum absolute atomic E-state index is 0.298. The van der Waals surface area contributed by atoms with Crippen LogP contribution in [0, 0.1) is 5.41 Å². The van der Waals surface area contributed by atoms with E-state index < -0.39 is 17.4 Å². The second-order valence-corrected chi connectivity index (χ2v) is 4.57. The number of amides is 1. The van der Waals surface area contributed by atoms with Crippen molar-refractivity contribution in [2.45, 2.75) is 20.0 Å². The molecule has 0 aliphatic rings. The molecule has 6 heteroatoms. The van der Waals surface area contributed by atoms with Crippen LogP contribution in [0.15, 0.2) is 29.6 Å². The van der Waals surface area contributed by atoms with E-state index in [1.54, 1.807) is 38.4 Å². The van der Waals surface area contributed by atoms with Gasteiger partial charge in [0.25, 0.3) is 5.91 Å². The zero-order chi connectivity index (χ0) is 13.6. The Balaban J connectivity index is 2.54. The topological polar surface area (TPSA) is 94.8 Å². The van der Waals surface area contributed by atoms with Gasteiger partial charge in [0.1, 0.15) is 6.10 Å². The highest BCUT2D eigenvalue weighted by molar-refractivity contribution is 5.84. The summed E-state index contributed by atoms with van der Waals surface area (Å²) in [7, 11) is 0. The standard InChI is InChI=1S/C12H17N3O3/c1-12(2,8-16)10(17)11(18)15-14-7-9-4-3-5-13-6-9/h3-7,10,16-17H,8H2,1-2H3,(H,15,18). The van der Waals surface area contributed by atoms with Crippen LogP contribution in [-0.4, -0.2) is 40.0 Å². The zero-order valence-corrected chi connectivity index (χ0v) is 10.4. The minimum Gasteiger partial charge on any atom is -0.396 e.